The van der Waals surface area contributed by atoms with Crippen LogP contribution < -0.4 is 9.80 Å². The lowest BCUT2D eigenvalue weighted by molar-refractivity contribution is 0.115. The van der Waals surface area contributed by atoms with Crippen LogP contribution in [0, 0.1) is 0 Å². The number of carbonyl (C=O) groups excluding carboxylic acids is 1. The molecule has 2 aromatic rings. The number of hydroxylamine groups is 1. The molecule has 1 aromatic carbocycles. The molecule has 106 valence electrons. The van der Waals surface area contributed by atoms with Gasteiger partial charge < -0.3 is 9.47 Å². The van der Waals surface area contributed by atoms with Crippen LogP contribution in [-0.2, 0) is 16.2 Å². The zero-order valence-corrected chi connectivity index (χ0v) is 11.2. The number of ether oxygens (including phenoxy) is 2. The molecule has 1 heterocycles. The first-order valence-corrected chi connectivity index (χ1v) is 5.88. The summed E-state index contributed by atoms with van der Waals surface area (Å²) in [5, 5.41) is 7.55. The number of aromatic amines is 1. The smallest absolute Gasteiger partial charge is 0.438 e. The Morgan fingerprint density at radius 1 is 1.30 bits per heavy atom. The molecule has 7 heteroatoms. The van der Waals surface area contributed by atoms with Gasteiger partial charge in [0.25, 0.3) is 0 Å². The van der Waals surface area contributed by atoms with Crippen LogP contribution in [0.1, 0.15) is 5.56 Å². The van der Waals surface area contributed by atoms with E-state index in [0.29, 0.717) is 11.6 Å². The molecule has 0 aliphatic heterocycles. The van der Waals surface area contributed by atoms with Gasteiger partial charge in [0, 0.05) is 11.6 Å². The van der Waals surface area contributed by atoms with Gasteiger partial charge in [-0.3, -0.25) is 4.84 Å². The van der Waals surface area contributed by atoms with Gasteiger partial charge in [0.05, 0.1) is 26.1 Å². The fourth-order valence-electron chi connectivity index (χ4n) is 1.66. The van der Waals surface area contributed by atoms with Crippen LogP contribution in [0.4, 0.5) is 10.5 Å². The number of methoxy groups -OCH3 is 1. The van der Waals surface area contributed by atoms with E-state index in [0.717, 1.165) is 10.6 Å². The van der Waals surface area contributed by atoms with Gasteiger partial charge in [-0.05, 0) is 6.07 Å². The fraction of sp³-hybridized carbons (Fsp3) is 0.231. The molecule has 0 radical (unpaired) electrons. The van der Waals surface area contributed by atoms with Crippen molar-refractivity contribution in [3.05, 3.63) is 42.1 Å². The van der Waals surface area contributed by atoms with E-state index in [-0.39, 0.29) is 6.61 Å². The first kappa shape index (κ1) is 13.9. The minimum absolute atomic E-state index is 0.259. The summed E-state index contributed by atoms with van der Waals surface area (Å²) in [4.78, 5) is 16.7. The second-order valence-electron chi connectivity index (χ2n) is 3.79. The first-order valence-electron chi connectivity index (χ1n) is 5.88. The summed E-state index contributed by atoms with van der Waals surface area (Å²) in [6, 6.07) is 8.92. The van der Waals surface area contributed by atoms with Crippen LogP contribution in [0.25, 0.3) is 0 Å². The molecule has 0 fully saturated rings. The van der Waals surface area contributed by atoms with Gasteiger partial charge in [0.2, 0.25) is 5.88 Å². The van der Waals surface area contributed by atoms with E-state index in [2.05, 4.69) is 14.9 Å². The number of para-hydroxylation sites is 1. The standard InChI is InChI=1S/C13H15N3O4/c1-18-13(17)16(19-2)11-6-4-3-5-10(11)9-20-12-7-8-14-15-12/h3-8H,9H2,1-2H3,(H,14,15). The van der Waals surface area contributed by atoms with E-state index in [1.165, 1.54) is 14.2 Å². The Kier molecular flexibility index (Phi) is 4.56. The summed E-state index contributed by atoms with van der Waals surface area (Å²) in [6.07, 6.45) is 0.985. The van der Waals surface area contributed by atoms with Gasteiger partial charge in [-0.25, -0.2) is 9.89 Å². The number of H-pyrrole nitrogens is 1. The maximum Gasteiger partial charge on any atom is 0.438 e. The molecule has 2 rings (SSSR count). The second kappa shape index (κ2) is 6.58. The van der Waals surface area contributed by atoms with Crippen LogP contribution in [0.5, 0.6) is 5.88 Å². The summed E-state index contributed by atoms with van der Waals surface area (Å²) in [6.45, 7) is 0.259. The zero-order chi connectivity index (χ0) is 14.4. The van der Waals surface area contributed by atoms with Crippen molar-refractivity contribution in [1.29, 1.82) is 0 Å². The molecule has 0 unspecified atom stereocenters. The summed E-state index contributed by atoms with van der Waals surface area (Å²) < 4.78 is 10.2. The molecule has 1 N–H and O–H groups in total. The summed E-state index contributed by atoms with van der Waals surface area (Å²) in [5.74, 6) is 0.543. The van der Waals surface area contributed by atoms with Crippen LogP contribution in [0.2, 0.25) is 0 Å². The topological polar surface area (TPSA) is 76.7 Å². The molecule has 0 saturated carbocycles. The van der Waals surface area contributed by atoms with Crippen molar-refractivity contribution in [3.63, 3.8) is 0 Å². The van der Waals surface area contributed by atoms with Gasteiger partial charge in [-0.1, -0.05) is 18.2 Å². The Hall–Kier alpha value is -2.54. The normalized spacial score (nSPS) is 10.1. The van der Waals surface area contributed by atoms with Crippen LogP contribution in [0.3, 0.4) is 0 Å². The first-order chi connectivity index (χ1) is 9.76. The highest BCUT2D eigenvalue weighted by Gasteiger charge is 2.19. The highest BCUT2D eigenvalue weighted by Crippen LogP contribution is 2.22. The number of nitrogens with zero attached hydrogens (tertiary/aromatic N) is 2. The number of anilines is 1. The highest BCUT2D eigenvalue weighted by molar-refractivity contribution is 5.86. The van der Waals surface area contributed by atoms with E-state index in [1.54, 1.807) is 24.4 Å². The Balaban J connectivity index is 2.18. The minimum atomic E-state index is -0.610. The van der Waals surface area contributed by atoms with Gasteiger partial charge in [0.1, 0.15) is 6.61 Å². The van der Waals surface area contributed by atoms with Crippen LogP contribution >= 0.6 is 0 Å². The molecule has 20 heavy (non-hydrogen) atoms. The lowest BCUT2D eigenvalue weighted by Crippen LogP contribution is -2.30. The van der Waals surface area contributed by atoms with E-state index < -0.39 is 6.09 Å². The summed E-state index contributed by atoms with van der Waals surface area (Å²) in [7, 11) is 2.68. The monoisotopic (exact) mass is 277 g/mol. The Labute approximate surface area is 116 Å². The average molecular weight is 277 g/mol. The van der Waals surface area contributed by atoms with Crippen molar-refractivity contribution in [2.24, 2.45) is 0 Å². The number of hydrogen-bond acceptors (Lipinski definition) is 5. The molecule has 0 spiro atoms. The molecule has 0 saturated heterocycles. The number of hydrogen-bond donors (Lipinski definition) is 1. The lowest BCUT2D eigenvalue weighted by Gasteiger charge is -2.20. The summed E-state index contributed by atoms with van der Waals surface area (Å²) in [5.41, 5.74) is 1.33. The largest absolute Gasteiger partial charge is 0.473 e. The lowest BCUT2D eigenvalue weighted by atomic mass is 10.2. The average Bonchev–Trinajstić information content (AvgIpc) is 3.00. The van der Waals surface area contributed by atoms with Crippen molar-refractivity contribution in [2.45, 2.75) is 6.61 Å². The highest BCUT2D eigenvalue weighted by atomic mass is 16.7. The molecule has 0 bridgehead atoms. The fourth-order valence-corrected chi connectivity index (χ4v) is 1.66. The maximum absolute atomic E-state index is 11.7. The Bertz CT molecular complexity index is 557. The van der Waals surface area contributed by atoms with E-state index in [4.69, 9.17) is 9.57 Å². The van der Waals surface area contributed by atoms with Gasteiger partial charge in [-0.2, -0.15) is 10.2 Å². The minimum Gasteiger partial charge on any atom is -0.473 e. The van der Waals surface area contributed by atoms with Crippen molar-refractivity contribution in [1.82, 2.24) is 10.2 Å². The zero-order valence-electron chi connectivity index (χ0n) is 11.2. The molecule has 0 aliphatic rings. The van der Waals surface area contributed by atoms with Gasteiger partial charge in [0.15, 0.2) is 0 Å². The van der Waals surface area contributed by atoms with Gasteiger partial charge in [-0.15, -0.1) is 0 Å². The Morgan fingerprint density at radius 3 is 2.75 bits per heavy atom. The SMILES string of the molecule is COC(=O)N(OC)c1ccccc1COc1ccn[nH]1. The van der Waals surface area contributed by atoms with Gasteiger partial charge >= 0.3 is 6.09 Å². The number of carbonyl (C=O) groups is 1. The molecule has 1 aromatic heterocycles. The van der Waals surface area contributed by atoms with Crippen molar-refractivity contribution in [2.75, 3.05) is 19.3 Å². The third-order valence-electron chi connectivity index (χ3n) is 2.59. The predicted octanol–water partition coefficient (Wildman–Crippen LogP) is 2.12. The molecule has 0 atom stereocenters. The number of amides is 1. The quantitative estimate of drug-likeness (QED) is 0.847. The van der Waals surface area contributed by atoms with Crippen LogP contribution in [0.15, 0.2) is 36.5 Å². The molecule has 1 amide bonds. The third-order valence-corrected chi connectivity index (χ3v) is 2.59. The molecular weight excluding hydrogens is 262 g/mol. The predicted molar refractivity (Wildman–Crippen MR) is 71.3 cm³/mol. The third kappa shape index (κ3) is 3.07. The number of benzene rings is 1. The van der Waals surface area contributed by atoms with E-state index in [9.17, 15) is 4.79 Å². The summed E-state index contributed by atoms with van der Waals surface area (Å²) >= 11 is 0. The number of rotatable bonds is 5. The van der Waals surface area contributed by atoms with Crippen molar-refractivity contribution < 1.29 is 19.1 Å². The van der Waals surface area contributed by atoms with Crippen molar-refractivity contribution >= 4 is 11.8 Å². The molecule has 7 nitrogen and oxygen atoms in total. The molecule has 0 aliphatic carbocycles. The number of aromatic nitrogens is 2. The molecular formula is C13H15N3O4. The maximum atomic E-state index is 11.7. The second-order valence-corrected chi connectivity index (χ2v) is 3.79. The van der Waals surface area contributed by atoms with E-state index >= 15 is 0 Å². The number of nitrogens with one attached hydrogen (secondary N) is 1. The van der Waals surface area contributed by atoms with Crippen molar-refractivity contribution in [3.8, 4) is 5.88 Å². The van der Waals surface area contributed by atoms with Crippen LogP contribution in [-0.4, -0.2) is 30.5 Å². The van der Waals surface area contributed by atoms with E-state index in [1.807, 2.05) is 12.1 Å². The Morgan fingerprint density at radius 2 is 2.10 bits per heavy atom.